The molecule has 0 atom stereocenters. The van der Waals surface area contributed by atoms with Gasteiger partial charge in [-0.25, -0.2) is 9.37 Å². The van der Waals surface area contributed by atoms with Crippen LogP contribution in [0.2, 0.25) is 0 Å². The zero-order valence-electron chi connectivity index (χ0n) is 11.7. The van der Waals surface area contributed by atoms with Gasteiger partial charge in [0.15, 0.2) is 0 Å². The molecule has 0 radical (unpaired) electrons. The molecule has 0 aliphatic heterocycles. The minimum Gasteiger partial charge on any atom is -0.319 e. The van der Waals surface area contributed by atoms with Gasteiger partial charge in [-0.15, -0.1) is 11.3 Å². The molecule has 1 fully saturated rings. The Morgan fingerprint density at radius 2 is 1.90 bits per heavy atom. The third-order valence-electron chi connectivity index (χ3n) is 4.13. The second-order valence-corrected chi connectivity index (χ2v) is 7.51. The van der Waals surface area contributed by atoms with Gasteiger partial charge in [-0.2, -0.15) is 0 Å². The van der Waals surface area contributed by atoms with Crippen LogP contribution < -0.4 is 5.73 Å². The monoisotopic (exact) mass is 368 g/mol. The van der Waals surface area contributed by atoms with Gasteiger partial charge in [-0.3, -0.25) is 0 Å². The van der Waals surface area contributed by atoms with Crippen molar-refractivity contribution in [3.05, 3.63) is 38.9 Å². The van der Waals surface area contributed by atoms with E-state index in [1.165, 1.54) is 18.9 Å². The third-order valence-corrected chi connectivity index (χ3v) is 5.69. The Balaban J connectivity index is 1.92. The summed E-state index contributed by atoms with van der Waals surface area (Å²) in [6, 6.07) is 5.06. The van der Waals surface area contributed by atoms with Gasteiger partial charge in [-0.1, -0.05) is 41.6 Å². The highest BCUT2D eigenvalue weighted by Gasteiger charge is 2.31. The molecule has 2 N–H and O–H groups in total. The lowest BCUT2D eigenvalue weighted by Crippen LogP contribution is -2.35. The molecular weight excluding hydrogens is 351 g/mol. The second-order valence-electron chi connectivity index (χ2n) is 5.73. The number of halogens is 2. The third kappa shape index (κ3) is 3.20. The Bertz CT molecular complexity index is 633. The van der Waals surface area contributed by atoms with Crippen LogP contribution >= 0.6 is 27.3 Å². The van der Waals surface area contributed by atoms with Crippen LogP contribution in [0.25, 0.3) is 11.3 Å². The molecule has 1 aromatic carbocycles. The van der Waals surface area contributed by atoms with Crippen LogP contribution in [-0.2, 0) is 5.54 Å². The van der Waals surface area contributed by atoms with Crippen molar-refractivity contribution in [2.24, 2.45) is 5.73 Å². The van der Waals surface area contributed by atoms with Crippen molar-refractivity contribution in [3.8, 4) is 11.3 Å². The number of hydrogen-bond acceptors (Lipinski definition) is 3. The molecule has 0 saturated heterocycles. The van der Waals surface area contributed by atoms with Gasteiger partial charge < -0.3 is 5.73 Å². The van der Waals surface area contributed by atoms with E-state index in [0.717, 1.165) is 35.2 Å². The van der Waals surface area contributed by atoms with Crippen LogP contribution in [0.1, 0.15) is 43.5 Å². The molecule has 5 heteroatoms. The normalized spacial score (nSPS) is 18.4. The Kier molecular flexibility index (Phi) is 4.43. The molecule has 0 bridgehead atoms. The zero-order chi connectivity index (χ0) is 14.9. The standard InChI is InChI=1S/C16H18BrFN2S/c17-11-5-6-12(13(18)9-11)14-10-21-15(20-14)16(19)7-3-1-2-4-8-16/h5-6,9-10H,1-4,7-8,19H2. The maximum absolute atomic E-state index is 14.1. The smallest absolute Gasteiger partial charge is 0.133 e. The summed E-state index contributed by atoms with van der Waals surface area (Å²) in [5.74, 6) is -0.256. The molecule has 0 spiro atoms. The van der Waals surface area contributed by atoms with Crippen molar-refractivity contribution in [1.29, 1.82) is 0 Å². The van der Waals surface area contributed by atoms with Crippen LogP contribution in [0, 0.1) is 5.82 Å². The van der Waals surface area contributed by atoms with Gasteiger partial charge in [0.1, 0.15) is 10.8 Å². The van der Waals surface area contributed by atoms with Gasteiger partial charge in [0, 0.05) is 15.4 Å². The van der Waals surface area contributed by atoms with E-state index in [9.17, 15) is 4.39 Å². The van der Waals surface area contributed by atoms with E-state index in [4.69, 9.17) is 5.73 Å². The molecule has 0 amide bonds. The van der Waals surface area contributed by atoms with Crippen molar-refractivity contribution in [3.63, 3.8) is 0 Å². The van der Waals surface area contributed by atoms with Crippen molar-refractivity contribution < 1.29 is 4.39 Å². The van der Waals surface area contributed by atoms with E-state index in [1.54, 1.807) is 17.4 Å². The van der Waals surface area contributed by atoms with E-state index in [-0.39, 0.29) is 11.4 Å². The quantitative estimate of drug-likeness (QED) is 0.737. The fourth-order valence-electron chi connectivity index (χ4n) is 2.90. The Morgan fingerprint density at radius 1 is 1.19 bits per heavy atom. The summed E-state index contributed by atoms with van der Waals surface area (Å²) in [6.45, 7) is 0. The van der Waals surface area contributed by atoms with Gasteiger partial charge in [0.05, 0.1) is 11.2 Å². The van der Waals surface area contributed by atoms with Gasteiger partial charge in [-0.05, 0) is 31.0 Å². The molecule has 21 heavy (non-hydrogen) atoms. The molecule has 1 heterocycles. The first-order chi connectivity index (χ1) is 10.1. The lowest BCUT2D eigenvalue weighted by molar-refractivity contribution is 0.384. The van der Waals surface area contributed by atoms with Gasteiger partial charge in [0.25, 0.3) is 0 Å². The first kappa shape index (κ1) is 15.1. The summed E-state index contributed by atoms with van der Waals surface area (Å²) < 4.78 is 14.8. The van der Waals surface area contributed by atoms with Crippen LogP contribution in [0.15, 0.2) is 28.1 Å². The first-order valence-corrected chi connectivity index (χ1v) is 8.96. The number of hydrogen-bond donors (Lipinski definition) is 1. The Hall–Kier alpha value is -0.780. The minimum absolute atomic E-state index is 0.256. The summed E-state index contributed by atoms with van der Waals surface area (Å²) in [7, 11) is 0. The second kappa shape index (κ2) is 6.15. The first-order valence-electron chi connectivity index (χ1n) is 7.29. The predicted octanol–water partition coefficient (Wildman–Crippen LogP) is 5.22. The van der Waals surface area contributed by atoms with E-state index < -0.39 is 0 Å². The number of nitrogens with zero attached hydrogens (tertiary/aromatic N) is 1. The SMILES string of the molecule is NC1(c2nc(-c3ccc(Br)cc3F)cs2)CCCCCC1. The molecule has 112 valence electrons. The maximum Gasteiger partial charge on any atom is 0.133 e. The fourth-order valence-corrected chi connectivity index (χ4v) is 4.22. The molecule has 1 saturated carbocycles. The predicted molar refractivity (Wildman–Crippen MR) is 88.8 cm³/mol. The van der Waals surface area contributed by atoms with E-state index in [0.29, 0.717) is 11.3 Å². The number of aromatic nitrogens is 1. The number of nitrogens with two attached hydrogens (primary N) is 1. The van der Waals surface area contributed by atoms with Gasteiger partial charge in [0.2, 0.25) is 0 Å². The lowest BCUT2D eigenvalue weighted by atomic mass is 9.92. The maximum atomic E-state index is 14.1. The molecule has 3 rings (SSSR count). The number of rotatable bonds is 2. The highest BCUT2D eigenvalue weighted by atomic mass is 79.9. The summed E-state index contributed by atoms with van der Waals surface area (Å²) in [4.78, 5) is 4.65. The van der Waals surface area contributed by atoms with Crippen LogP contribution in [0.3, 0.4) is 0 Å². The van der Waals surface area contributed by atoms with Crippen LogP contribution in [-0.4, -0.2) is 4.98 Å². The molecule has 2 aromatic rings. The largest absolute Gasteiger partial charge is 0.319 e. The average molecular weight is 369 g/mol. The van der Waals surface area contributed by atoms with Crippen molar-refractivity contribution in [1.82, 2.24) is 4.98 Å². The number of benzene rings is 1. The highest BCUT2D eigenvalue weighted by Crippen LogP contribution is 2.37. The van der Waals surface area contributed by atoms with E-state index in [1.807, 2.05) is 11.4 Å². The highest BCUT2D eigenvalue weighted by molar-refractivity contribution is 9.10. The van der Waals surface area contributed by atoms with Crippen LogP contribution in [0.5, 0.6) is 0 Å². The van der Waals surface area contributed by atoms with Crippen LogP contribution in [0.4, 0.5) is 4.39 Å². The summed E-state index contributed by atoms with van der Waals surface area (Å²) in [6.07, 6.45) is 6.75. The zero-order valence-corrected chi connectivity index (χ0v) is 14.1. The molecule has 1 aliphatic rings. The van der Waals surface area contributed by atoms with Crippen molar-refractivity contribution in [2.45, 2.75) is 44.1 Å². The van der Waals surface area contributed by atoms with Gasteiger partial charge >= 0.3 is 0 Å². The summed E-state index contributed by atoms with van der Waals surface area (Å²) in [5.41, 5.74) is 7.48. The molecule has 0 unspecified atom stereocenters. The molecular formula is C16H18BrFN2S. The lowest BCUT2D eigenvalue weighted by Gasteiger charge is -2.25. The Morgan fingerprint density at radius 3 is 2.57 bits per heavy atom. The number of thiazole rings is 1. The van der Waals surface area contributed by atoms with Crippen molar-refractivity contribution >= 4 is 27.3 Å². The Labute approximate surface area is 136 Å². The van der Waals surface area contributed by atoms with E-state index in [2.05, 4.69) is 20.9 Å². The molecule has 1 aromatic heterocycles. The topological polar surface area (TPSA) is 38.9 Å². The summed E-state index contributed by atoms with van der Waals surface area (Å²) in [5, 5.41) is 2.86. The molecule has 2 nitrogen and oxygen atoms in total. The fraction of sp³-hybridized carbons (Fsp3) is 0.438. The average Bonchev–Trinajstić information content (AvgIpc) is 2.83. The minimum atomic E-state index is -0.328. The van der Waals surface area contributed by atoms with E-state index >= 15 is 0 Å². The molecule has 1 aliphatic carbocycles. The van der Waals surface area contributed by atoms with Crippen molar-refractivity contribution in [2.75, 3.05) is 0 Å². The summed E-state index contributed by atoms with van der Waals surface area (Å²) >= 11 is 4.83.